The van der Waals surface area contributed by atoms with Gasteiger partial charge in [-0.1, -0.05) is 18.9 Å². The molecule has 1 unspecified atom stereocenters. The van der Waals surface area contributed by atoms with E-state index >= 15 is 0 Å². The van der Waals surface area contributed by atoms with E-state index in [0.29, 0.717) is 23.9 Å². The quantitative estimate of drug-likeness (QED) is 0.715. The molecule has 1 aromatic rings. The van der Waals surface area contributed by atoms with Gasteiger partial charge >= 0.3 is 0 Å². The smallest absolute Gasteiger partial charge is 0.261 e. The lowest BCUT2D eigenvalue weighted by Crippen LogP contribution is -2.37. The number of rotatable bonds is 7. The molecule has 1 aliphatic carbocycles. The number of nitrogens with one attached hydrogen (secondary N) is 2. The largest absolute Gasteiger partial charge is 0.391 e. The van der Waals surface area contributed by atoms with E-state index in [9.17, 15) is 14.7 Å². The molecule has 3 N–H and O–H groups in total. The first-order valence-electron chi connectivity index (χ1n) is 7.43. The van der Waals surface area contributed by atoms with Gasteiger partial charge in [-0.05, 0) is 30.2 Å². The fourth-order valence-electron chi connectivity index (χ4n) is 2.60. The highest BCUT2D eigenvalue weighted by atomic mass is 32.1. The summed E-state index contributed by atoms with van der Waals surface area (Å²) in [6, 6.07) is 3.56. The van der Waals surface area contributed by atoms with E-state index in [0.717, 1.165) is 12.8 Å². The molecular formula is C15H22N2O3S. The molecule has 2 amide bonds. The molecule has 21 heavy (non-hydrogen) atoms. The maximum atomic E-state index is 11.7. The second-order valence-electron chi connectivity index (χ2n) is 5.40. The van der Waals surface area contributed by atoms with Crippen LogP contribution in [0.5, 0.6) is 0 Å². The Balaban J connectivity index is 1.58. The van der Waals surface area contributed by atoms with Crippen LogP contribution in [-0.4, -0.2) is 36.1 Å². The average molecular weight is 310 g/mol. The Labute approximate surface area is 128 Å². The molecule has 5 nitrogen and oxygen atoms in total. The van der Waals surface area contributed by atoms with Crippen molar-refractivity contribution in [2.45, 2.75) is 38.2 Å². The van der Waals surface area contributed by atoms with Crippen molar-refractivity contribution in [2.75, 3.05) is 13.1 Å². The Morgan fingerprint density at radius 2 is 2.10 bits per heavy atom. The number of amides is 2. The number of thiophene rings is 1. The first kappa shape index (κ1) is 16.0. The maximum absolute atomic E-state index is 11.7. The monoisotopic (exact) mass is 310 g/mol. The van der Waals surface area contributed by atoms with Gasteiger partial charge in [-0.2, -0.15) is 0 Å². The predicted molar refractivity (Wildman–Crippen MR) is 82.2 cm³/mol. The summed E-state index contributed by atoms with van der Waals surface area (Å²) in [5, 5.41) is 17.2. The lowest BCUT2D eigenvalue weighted by molar-refractivity contribution is -0.121. The number of aliphatic hydroxyl groups excluding tert-OH is 1. The van der Waals surface area contributed by atoms with E-state index in [1.165, 1.54) is 24.2 Å². The number of hydrogen-bond acceptors (Lipinski definition) is 4. The van der Waals surface area contributed by atoms with Crippen LogP contribution in [-0.2, 0) is 4.79 Å². The van der Waals surface area contributed by atoms with E-state index in [2.05, 4.69) is 10.6 Å². The van der Waals surface area contributed by atoms with Gasteiger partial charge in [0.2, 0.25) is 5.91 Å². The molecule has 1 aromatic heterocycles. The summed E-state index contributed by atoms with van der Waals surface area (Å²) >= 11 is 1.37. The van der Waals surface area contributed by atoms with Crippen LogP contribution < -0.4 is 10.6 Å². The number of carbonyl (C=O) groups excluding carboxylic acids is 2. The molecule has 6 heteroatoms. The minimum atomic E-state index is -0.447. The normalized spacial score (nSPS) is 16.6. The molecule has 0 spiro atoms. The lowest BCUT2D eigenvalue weighted by Gasteiger charge is -2.18. The molecule has 2 rings (SSSR count). The Morgan fingerprint density at radius 3 is 2.76 bits per heavy atom. The van der Waals surface area contributed by atoms with E-state index < -0.39 is 6.10 Å². The van der Waals surface area contributed by atoms with Crippen molar-refractivity contribution in [2.24, 2.45) is 5.92 Å². The second kappa shape index (κ2) is 8.14. The molecule has 1 atom stereocenters. The number of aliphatic hydroxyl groups is 1. The zero-order valence-corrected chi connectivity index (χ0v) is 12.8. The lowest BCUT2D eigenvalue weighted by atomic mass is 10.0. The van der Waals surface area contributed by atoms with Crippen LogP contribution in [0.3, 0.4) is 0 Å². The van der Waals surface area contributed by atoms with E-state index in [-0.39, 0.29) is 18.2 Å². The topological polar surface area (TPSA) is 78.4 Å². The van der Waals surface area contributed by atoms with Crippen molar-refractivity contribution in [3.63, 3.8) is 0 Å². The molecule has 1 fully saturated rings. The Kier molecular flexibility index (Phi) is 6.20. The highest BCUT2D eigenvalue weighted by Gasteiger charge is 2.23. The molecule has 0 bridgehead atoms. The Morgan fingerprint density at radius 1 is 1.33 bits per heavy atom. The summed E-state index contributed by atoms with van der Waals surface area (Å²) in [6.45, 7) is 0.616. The zero-order valence-electron chi connectivity index (χ0n) is 12.0. The van der Waals surface area contributed by atoms with Gasteiger partial charge in [-0.25, -0.2) is 0 Å². The third-order valence-corrected chi connectivity index (χ3v) is 4.70. The first-order valence-corrected chi connectivity index (χ1v) is 8.31. The first-order chi connectivity index (χ1) is 10.2. The van der Waals surface area contributed by atoms with Crippen molar-refractivity contribution >= 4 is 23.2 Å². The van der Waals surface area contributed by atoms with Crippen LogP contribution in [0.1, 0.15) is 41.8 Å². The van der Waals surface area contributed by atoms with Crippen LogP contribution in [0.2, 0.25) is 0 Å². The maximum Gasteiger partial charge on any atom is 0.261 e. The summed E-state index contributed by atoms with van der Waals surface area (Å²) in [5.74, 6) is 0.0335. The number of hydrogen-bond donors (Lipinski definition) is 3. The molecule has 1 saturated carbocycles. The second-order valence-corrected chi connectivity index (χ2v) is 6.35. The van der Waals surface area contributed by atoms with E-state index in [4.69, 9.17) is 0 Å². The van der Waals surface area contributed by atoms with Gasteiger partial charge in [0.15, 0.2) is 0 Å². The van der Waals surface area contributed by atoms with Crippen LogP contribution in [0.15, 0.2) is 17.5 Å². The van der Waals surface area contributed by atoms with Crippen LogP contribution >= 0.6 is 11.3 Å². The predicted octanol–water partition coefficient (Wildman–Crippen LogP) is 1.54. The highest BCUT2D eigenvalue weighted by Crippen LogP contribution is 2.27. The van der Waals surface area contributed by atoms with Crippen LogP contribution in [0.4, 0.5) is 0 Å². The molecule has 0 saturated heterocycles. The summed E-state index contributed by atoms with van der Waals surface area (Å²) in [4.78, 5) is 24.0. The highest BCUT2D eigenvalue weighted by molar-refractivity contribution is 7.12. The fraction of sp³-hybridized carbons (Fsp3) is 0.600. The van der Waals surface area contributed by atoms with Gasteiger partial charge in [0, 0.05) is 19.5 Å². The SMILES string of the molecule is O=C(CCNC(=O)c1cccs1)NCC(O)C1CCCC1. The van der Waals surface area contributed by atoms with E-state index in [1.807, 2.05) is 11.4 Å². The van der Waals surface area contributed by atoms with Gasteiger partial charge in [-0.3, -0.25) is 9.59 Å². The zero-order chi connectivity index (χ0) is 15.1. The standard InChI is InChI=1S/C15H22N2O3S/c18-12(11-4-1-2-5-11)10-17-14(19)7-8-16-15(20)13-6-3-9-21-13/h3,6,9,11-12,18H,1-2,4-5,7-8,10H2,(H,16,20)(H,17,19). The van der Waals surface area contributed by atoms with Crippen molar-refractivity contribution in [1.82, 2.24) is 10.6 Å². The van der Waals surface area contributed by atoms with E-state index in [1.54, 1.807) is 6.07 Å². The van der Waals surface area contributed by atoms with Gasteiger partial charge in [0.1, 0.15) is 0 Å². The number of carbonyl (C=O) groups is 2. The van der Waals surface area contributed by atoms with Crippen LogP contribution in [0.25, 0.3) is 0 Å². The minimum Gasteiger partial charge on any atom is -0.391 e. The van der Waals surface area contributed by atoms with Crippen molar-refractivity contribution < 1.29 is 14.7 Å². The van der Waals surface area contributed by atoms with Crippen molar-refractivity contribution in [3.05, 3.63) is 22.4 Å². The third kappa shape index (κ3) is 5.13. The molecule has 0 aliphatic heterocycles. The fourth-order valence-corrected chi connectivity index (χ4v) is 3.24. The summed E-state index contributed by atoms with van der Waals surface area (Å²) in [5.41, 5.74) is 0. The van der Waals surface area contributed by atoms with Crippen LogP contribution in [0, 0.1) is 5.92 Å². The minimum absolute atomic E-state index is 0.140. The van der Waals surface area contributed by atoms with Gasteiger partial charge in [0.05, 0.1) is 11.0 Å². The van der Waals surface area contributed by atoms with Crippen molar-refractivity contribution in [1.29, 1.82) is 0 Å². The summed E-state index contributed by atoms with van der Waals surface area (Å²) in [6.07, 6.45) is 4.22. The average Bonchev–Trinajstić information content (AvgIpc) is 3.16. The van der Waals surface area contributed by atoms with Gasteiger partial charge < -0.3 is 15.7 Å². The molecule has 116 valence electrons. The Bertz CT molecular complexity index is 455. The molecule has 1 heterocycles. The summed E-state index contributed by atoms with van der Waals surface area (Å²) < 4.78 is 0. The van der Waals surface area contributed by atoms with Gasteiger partial charge in [-0.15, -0.1) is 11.3 Å². The molecular weight excluding hydrogens is 288 g/mol. The summed E-state index contributed by atoms with van der Waals surface area (Å²) in [7, 11) is 0. The third-order valence-electron chi connectivity index (χ3n) is 3.83. The molecule has 0 radical (unpaired) electrons. The van der Waals surface area contributed by atoms with Gasteiger partial charge in [0.25, 0.3) is 5.91 Å². The Hall–Kier alpha value is -1.40. The molecule has 0 aromatic carbocycles. The van der Waals surface area contributed by atoms with Crippen molar-refractivity contribution in [3.8, 4) is 0 Å². The molecule has 1 aliphatic rings.